The Kier molecular flexibility index (Phi) is 14.8. The summed E-state index contributed by atoms with van der Waals surface area (Å²) < 4.78 is 56.6. The number of aryl methyl sites for hydroxylation is 1. The van der Waals surface area contributed by atoms with Crippen molar-refractivity contribution in [1.82, 2.24) is 30.1 Å². The summed E-state index contributed by atoms with van der Waals surface area (Å²) in [5.74, 6) is -2.05. The van der Waals surface area contributed by atoms with E-state index in [9.17, 15) is 18.9 Å². The summed E-state index contributed by atoms with van der Waals surface area (Å²) in [6.07, 6.45) is 5.08. The summed E-state index contributed by atoms with van der Waals surface area (Å²) >= 11 is 3.61. The number of pyridine rings is 1. The molecule has 20 heteroatoms. The number of fused-ring (bicyclic) bond motifs is 1. The van der Waals surface area contributed by atoms with Gasteiger partial charge in [-0.2, -0.15) is 4.98 Å². The van der Waals surface area contributed by atoms with Crippen LogP contribution in [-0.2, 0) is 25.4 Å². The highest BCUT2D eigenvalue weighted by Gasteiger charge is 2.37. The normalized spacial score (nSPS) is 19.3. The van der Waals surface area contributed by atoms with Crippen molar-refractivity contribution in [1.29, 1.82) is 0 Å². The van der Waals surface area contributed by atoms with E-state index in [0.29, 0.717) is 95.3 Å². The van der Waals surface area contributed by atoms with Gasteiger partial charge < -0.3 is 39.4 Å². The lowest BCUT2D eigenvalue weighted by Gasteiger charge is -2.44. The van der Waals surface area contributed by atoms with Crippen LogP contribution < -0.4 is 40.5 Å². The lowest BCUT2D eigenvalue weighted by molar-refractivity contribution is -0.137. The van der Waals surface area contributed by atoms with Crippen molar-refractivity contribution in [2.24, 2.45) is 5.92 Å². The molecular weight excluding hydrogens is 997 g/mol. The molecule has 3 aromatic carbocycles. The van der Waals surface area contributed by atoms with Crippen molar-refractivity contribution < 1.29 is 37.2 Å². The smallest absolute Gasteiger partial charge is 0.234 e. The monoisotopic (exact) mass is 1060 g/mol. The second-order valence-electron chi connectivity index (χ2n) is 19.0. The first-order valence-electron chi connectivity index (χ1n) is 24.4. The molecule has 3 amide bonds. The predicted molar refractivity (Wildman–Crippen MR) is 276 cm³/mol. The zero-order valence-electron chi connectivity index (χ0n) is 40.7. The van der Waals surface area contributed by atoms with Crippen molar-refractivity contribution in [3.63, 3.8) is 0 Å². The summed E-state index contributed by atoms with van der Waals surface area (Å²) in [4.78, 5) is 60.4. The maximum absolute atomic E-state index is 15.3. The molecule has 2 unspecified atom stereocenters. The molecule has 3 N–H and O–H groups in total. The van der Waals surface area contributed by atoms with E-state index in [1.165, 1.54) is 12.1 Å². The lowest BCUT2D eigenvalue weighted by atomic mass is 9.89. The number of ether oxygens (including phenoxy) is 2. The Hall–Kier alpha value is -5.91. The molecule has 5 aromatic rings. The Balaban J connectivity index is 0.798. The molecule has 71 heavy (non-hydrogen) atoms. The molecule has 376 valence electrons. The number of nitrogens with one attached hydrogen (secondary N) is 3. The minimum absolute atomic E-state index is 0.0246. The van der Waals surface area contributed by atoms with Crippen molar-refractivity contribution in [2.75, 3.05) is 99.8 Å². The Labute approximate surface area is 420 Å². The van der Waals surface area contributed by atoms with E-state index in [1.54, 1.807) is 32.7 Å². The summed E-state index contributed by atoms with van der Waals surface area (Å²) in [5.41, 5.74) is 4.37. The standard InChI is InChI=1S/C51H60BrF2N10O6P/c1-6-30-24-41(58-51-55-28-36(52)48(60-51)57-40-11-10-39-34(47(40)71(4,5)68)9-13-45(56-39)70-7-2)43(69-3)27-42(30)62-18-15-32(16-19-62)61-20-22-63(23-21-61)50(67)31-14-17-64(29-31)33-25-37(53)46(38(54)26-33)35-8-12-44(65)59-49(35)66/h9-11,13,24-28,31-32,35H,6-8,12,14-23,29H2,1-5H3,(H,59,65,66)(H2,55,57,58,60). The fourth-order valence-corrected chi connectivity index (χ4v) is 12.4. The second-order valence-corrected chi connectivity index (χ2v) is 23.0. The van der Waals surface area contributed by atoms with Gasteiger partial charge >= 0.3 is 0 Å². The Bertz CT molecular complexity index is 2890. The van der Waals surface area contributed by atoms with Crippen LogP contribution in [-0.4, -0.2) is 128 Å². The van der Waals surface area contributed by atoms with Gasteiger partial charge in [0, 0.05) is 111 Å². The molecule has 6 heterocycles. The Morgan fingerprint density at radius 1 is 0.887 bits per heavy atom. The van der Waals surface area contributed by atoms with Crippen LogP contribution >= 0.6 is 23.1 Å². The van der Waals surface area contributed by atoms with Crippen LogP contribution in [0.3, 0.4) is 0 Å². The number of methoxy groups -OCH3 is 1. The van der Waals surface area contributed by atoms with E-state index in [0.717, 1.165) is 67.8 Å². The zero-order valence-corrected chi connectivity index (χ0v) is 43.2. The number of piperazine rings is 1. The minimum atomic E-state index is -2.81. The number of imide groups is 1. The van der Waals surface area contributed by atoms with Crippen LogP contribution in [0.2, 0.25) is 0 Å². The number of carbonyl (C=O) groups is 3. The molecule has 4 saturated heterocycles. The average Bonchev–Trinajstić information content (AvgIpc) is 3.86. The molecule has 0 bridgehead atoms. The highest BCUT2D eigenvalue weighted by Crippen LogP contribution is 2.43. The van der Waals surface area contributed by atoms with Crippen LogP contribution in [0.1, 0.15) is 63.0 Å². The number of benzene rings is 3. The Morgan fingerprint density at radius 3 is 2.30 bits per heavy atom. The SMILES string of the molecule is CCOc1ccc2c(P(C)(C)=O)c(Nc3nc(Nc4cc(CC)c(N5CCC(N6CCN(C(=O)C7CCN(c8cc(F)c(C9CCC(=O)NC9=O)c(F)c8)C7)CC6)CC5)cc4OC)ncc3Br)ccc2n1. The Morgan fingerprint density at radius 2 is 1.62 bits per heavy atom. The van der Waals surface area contributed by atoms with Crippen LogP contribution in [0.4, 0.5) is 43.3 Å². The number of amides is 3. The zero-order chi connectivity index (χ0) is 50.1. The molecule has 0 spiro atoms. The van der Waals surface area contributed by atoms with Gasteiger partial charge in [0.25, 0.3) is 0 Å². The third-order valence-corrected chi connectivity index (χ3v) is 16.3. The first-order valence-corrected chi connectivity index (χ1v) is 27.8. The van der Waals surface area contributed by atoms with E-state index in [2.05, 4.69) is 70.7 Å². The number of hydrogen-bond acceptors (Lipinski definition) is 14. The number of halogens is 3. The fourth-order valence-electron chi connectivity index (χ4n) is 10.6. The van der Waals surface area contributed by atoms with Gasteiger partial charge in [0.15, 0.2) is 0 Å². The lowest BCUT2D eigenvalue weighted by Crippen LogP contribution is -2.55. The fraction of sp³-hybridized carbons (Fsp3) is 0.451. The maximum Gasteiger partial charge on any atom is 0.234 e. The van der Waals surface area contributed by atoms with E-state index < -0.39 is 36.5 Å². The third-order valence-electron chi connectivity index (χ3n) is 14.2. The van der Waals surface area contributed by atoms with Crippen molar-refractivity contribution >= 4 is 91.5 Å². The van der Waals surface area contributed by atoms with Gasteiger partial charge in [-0.25, -0.2) is 18.7 Å². The van der Waals surface area contributed by atoms with Crippen molar-refractivity contribution in [3.05, 3.63) is 82.0 Å². The highest BCUT2D eigenvalue weighted by molar-refractivity contribution is 9.10. The van der Waals surface area contributed by atoms with Gasteiger partial charge in [-0.3, -0.25) is 24.6 Å². The first kappa shape index (κ1) is 50.0. The third kappa shape index (κ3) is 10.7. The number of carbonyl (C=O) groups excluding carboxylic acids is 3. The van der Waals surface area contributed by atoms with Crippen LogP contribution in [0, 0.1) is 17.6 Å². The largest absolute Gasteiger partial charge is 0.494 e. The second kappa shape index (κ2) is 21.0. The van der Waals surface area contributed by atoms with E-state index in [-0.39, 0.29) is 30.2 Å². The maximum atomic E-state index is 15.3. The molecule has 16 nitrogen and oxygen atoms in total. The van der Waals surface area contributed by atoms with Gasteiger partial charge in [0.2, 0.25) is 29.5 Å². The number of hydrogen-bond donors (Lipinski definition) is 3. The van der Waals surface area contributed by atoms with Crippen molar-refractivity contribution in [2.45, 2.75) is 64.3 Å². The van der Waals surface area contributed by atoms with E-state index in [1.807, 2.05) is 34.9 Å². The number of anilines is 6. The summed E-state index contributed by atoms with van der Waals surface area (Å²) in [7, 11) is -1.15. The molecular formula is C51H60BrF2N10O6P. The van der Waals surface area contributed by atoms with Crippen LogP contribution in [0.15, 0.2) is 59.2 Å². The van der Waals surface area contributed by atoms with Crippen LogP contribution in [0.5, 0.6) is 11.6 Å². The molecule has 2 aromatic heterocycles. The van der Waals surface area contributed by atoms with Gasteiger partial charge in [-0.1, -0.05) is 6.92 Å². The van der Waals surface area contributed by atoms with Gasteiger partial charge in [0.1, 0.15) is 30.3 Å². The first-order chi connectivity index (χ1) is 34.1. The van der Waals surface area contributed by atoms with Crippen LogP contribution in [0.25, 0.3) is 10.9 Å². The molecule has 2 atom stereocenters. The van der Waals surface area contributed by atoms with Gasteiger partial charge in [-0.05, 0) is 110 Å². The molecule has 4 aliphatic rings. The number of piperidine rings is 2. The molecule has 9 rings (SSSR count). The van der Waals surface area contributed by atoms with Gasteiger partial charge in [-0.15, -0.1) is 0 Å². The van der Waals surface area contributed by atoms with E-state index >= 15 is 8.78 Å². The van der Waals surface area contributed by atoms with E-state index in [4.69, 9.17) is 14.5 Å². The van der Waals surface area contributed by atoms with Gasteiger partial charge in [0.05, 0.1) is 46.9 Å². The number of nitrogens with zero attached hydrogens (tertiary/aromatic N) is 7. The summed E-state index contributed by atoms with van der Waals surface area (Å²) in [6, 6.07) is 14.5. The highest BCUT2D eigenvalue weighted by atomic mass is 79.9. The molecule has 4 fully saturated rings. The quantitative estimate of drug-likeness (QED) is 0.0723. The molecule has 0 aliphatic carbocycles. The molecule has 0 radical (unpaired) electrons. The molecule has 4 aliphatic heterocycles. The molecule has 0 saturated carbocycles. The predicted octanol–water partition coefficient (Wildman–Crippen LogP) is 7.93. The minimum Gasteiger partial charge on any atom is -0.494 e. The van der Waals surface area contributed by atoms with Crippen molar-refractivity contribution in [3.8, 4) is 11.6 Å². The number of rotatable bonds is 14. The average molecular weight is 1060 g/mol. The summed E-state index contributed by atoms with van der Waals surface area (Å²) in [5, 5.41) is 10.4. The summed E-state index contributed by atoms with van der Waals surface area (Å²) in [6.45, 7) is 13.4. The number of aromatic nitrogens is 3. The topological polar surface area (TPSA) is 174 Å².